The van der Waals surface area contributed by atoms with Crippen LogP contribution in [0.4, 0.5) is 0 Å². The van der Waals surface area contributed by atoms with Gasteiger partial charge in [0.15, 0.2) is 5.58 Å². The maximum Gasteiger partial charge on any atom is 0.417 e. The molecule has 0 bridgehead atoms. The molecule has 0 spiro atoms. The summed E-state index contributed by atoms with van der Waals surface area (Å²) in [5, 5.41) is 0. The number of nitrogens with zero attached hydrogens (tertiary/aromatic N) is 1. The smallest absolute Gasteiger partial charge is 0.408 e. The fraction of sp³-hybridized carbons (Fsp3) is 0.462. The van der Waals surface area contributed by atoms with Crippen LogP contribution in [-0.4, -0.2) is 34.6 Å². The molecule has 1 aliphatic heterocycles. The van der Waals surface area contributed by atoms with Crippen LogP contribution in [0.3, 0.4) is 0 Å². The molecule has 0 radical (unpaired) electrons. The van der Waals surface area contributed by atoms with Crippen molar-refractivity contribution >= 4 is 22.9 Å². The second-order valence-corrected chi connectivity index (χ2v) is 5.68. The maximum absolute atomic E-state index is 11.1. The van der Waals surface area contributed by atoms with Gasteiger partial charge in [-0.1, -0.05) is 6.07 Å². The normalized spacial score (nSPS) is 16.7. The number of oxazole rings is 1. The van der Waals surface area contributed by atoms with E-state index >= 15 is 0 Å². The van der Waals surface area contributed by atoms with Crippen molar-refractivity contribution in [3.8, 4) is 0 Å². The Morgan fingerprint density at radius 1 is 1.44 bits per heavy atom. The van der Waals surface area contributed by atoms with Crippen LogP contribution in [0.1, 0.15) is 12.0 Å². The van der Waals surface area contributed by atoms with E-state index in [4.69, 9.17) is 4.42 Å². The zero-order valence-electron chi connectivity index (χ0n) is 10.1. The predicted molar refractivity (Wildman–Crippen MR) is 74.1 cm³/mol. The van der Waals surface area contributed by atoms with E-state index in [9.17, 15) is 4.79 Å². The Balaban J connectivity index is 1.61. The van der Waals surface area contributed by atoms with E-state index in [1.165, 1.54) is 23.7 Å². The second-order valence-electron chi connectivity index (χ2n) is 4.60. The topological polar surface area (TPSA) is 49.2 Å². The van der Waals surface area contributed by atoms with Gasteiger partial charge < -0.3 is 4.42 Å². The minimum Gasteiger partial charge on any atom is -0.408 e. The summed E-state index contributed by atoms with van der Waals surface area (Å²) >= 11 is 2.01. The molecule has 1 aromatic heterocycles. The molecule has 18 heavy (non-hydrogen) atoms. The number of thioether (sulfide) groups is 1. The van der Waals surface area contributed by atoms with Crippen LogP contribution in [0.25, 0.3) is 11.1 Å². The van der Waals surface area contributed by atoms with E-state index in [1.54, 1.807) is 0 Å². The third-order valence-corrected chi connectivity index (χ3v) is 4.27. The highest BCUT2D eigenvalue weighted by atomic mass is 32.2. The van der Waals surface area contributed by atoms with Gasteiger partial charge in [0, 0.05) is 18.2 Å². The van der Waals surface area contributed by atoms with E-state index in [0.29, 0.717) is 5.58 Å². The van der Waals surface area contributed by atoms with Crippen molar-refractivity contribution in [3.63, 3.8) is 0 Å². The van der Waals surface area contributed by atoms with Gasteiger partial charge in [0.1, 0.15) is 0 Å². The molecule has 0 aliphatic carbocycles. The summed E-state index contributed by atoms with van der Waals surface area (Å²) in [6.45, 7) is 2.37. The molecular formula is C13H16N2O2S. The molecule has 0 amide bonds. The lowest BCUT2D eigenvalue weighted by Gasteiger charge is -2.12. The van der Waals surface area contributed by atoms with Gasteiger partial charge in [0.2, 0.25) is 0 Å². The molecule has 4 nitrogen and oxygen atoms in total. The van der Waals surface area contributed by atoms with Gasteiger partial charge in [-0.05, 0) is 37.1 Å². The largest absolute Gasteiger partial charge is 0.417 e. The Morgan fingerprint density at radius 2 is 2.39 bits per heavy atom. The average molecular weight is 264 g/mol. The third-order valence-electron chi connectivity index (χ3n) is 3.25. The predicted octanol–water partition coefficient (Wildman–Crippen LogP) is 2.06. The number of rotatable bonds is 4. The van der Waals surface area contributed by atoms with Crippen molar-refractivity contribution in [3.05, 3.63) is 34.3 Å². The van der Waals surface area contributed by atoms with Gasteiger partial charge >= 0.3 is 5.76 Å². The first kappa shape index (κ1) is 11.9. The van der Waals surface area contributed by atoms with Crippen molar-refractivity contribution in [2.24, 2.45) is 0 Å². The van der Waals surface area contributed by atoms with E-state index < -0.39 is 0 Å². The van der Waals surface area contributed by atoms with Crippen LogP contribution in [0.2, 0.25) is 0 Å². The first-order valence-electron chi connectivity index (χ1n) is 6.23. The lowest BCUT2D eigenvalue weighted by molar-refractivity contribution is 0.350. The Kier molecular flexibility index (Phi) is 3.43. The zero-order chi connectivity index (χ0) is 12.4. The molecule has 5 heteroatoms. The number of nitrogens with one attached hydrogen (secondary N) is 1. The molecule has 1 aliphatic rings. The van der Waals surface area contributed by atoms with Crippen LogP contribution >= 0.6 is 11.8 Å². The first-order chi connectivity index (χ1) is 8.81. The first-order valence-corrected chi connectivity index (χ1v) is 7.38. The monoisotopic (exact) mass is 264 g/mol. The number of H-pyrrole nitrogens is 1. The van der Waals surface area contributed by atoms with Crippen molar-refractivity contribution in [1.29, 1.82) is 0 Å². The van der Waals surface area contributed by atoms with Gasteiger partial charge in [0.05, 0.1) is 5.52 Å². The number of aryl methyl sites for hydroxylation is 1. The quantitative estimate of drug-likeness (QED) is 0.918. The summed E-state index contributed by atoms with van der Waals surface area (Å²) in [5.41, 5.74) is 2.67. The molecule has 3 rings (SSSR count). The summed E-state index contributed by atoms with van der Waals surface area (Å²) in [7, 11) is 0. The summed E-state index contributed by atoms with van der Waals surface area (Å²) < 4.78 is 5.06. The molecule has 96 valence electrons. The lowest BCUT2D eigenvalue weighted by Crippen LogP contribution is -2.20. The Hall–Kier alpha value is -1.20. The maximum atomic E-state index is 11.1. The Bertz CT molecular complexity index is 584. The Labute approximate surface area is 109 Å². The molecule has 0 atom stereocenters. The molecule has 1 fully saturated rings. The number of hydrogen-bond acceptors (Lipinski definition) is 4. The summed E-state index contributed by atoms with van der Waals surface area (Å²) in [6.07, 6.45) is 2.19. The standard InChI is InChI=1S/C13H16N2O2S/c16-13-14-11-4-3-10(8-12(11)17-13)2-1-5-15-6-7-18-9-15/h3-4,8H,1-2,5-7,9H2,(H,14,16). The molecular weight excluding hydrogens is 248 g/mol. The fourth-order valence-electron chi connectivity index (χ4n) is 2.28. The number of hydrogen-bond donors (Lipinski definition) is 1. The summed E-state index contributed by atoms with van der Waals surface area (Å²) in [5.74, 6) is 2.06. The summed E-state index contributed by atoms with van der Waals surface area (Å²) in [6, 6.07) is 5.94. The number of benzene rings is 1. The summed E-state index contributed by atoms with van der Waals surface area (Å²) in [4.78, 5) is 16.2. The number of aromatic nitrogens is 1. The van der Waals surface area contributed by atoms with Crippen LogP contribution in [0.15, 0.2) is 27.4 Å². The fourth-order valence-corrected chi connectivity index (χ4v) is 3.31. The van der Waals surface area contributed by atoms with Gasteiger partial charge in [-0.3, -0.25) is 9.88 Å². The van der Waals surface area contributed by atoms with E-state index in [2.05, 4.69) is 16.0 Å². The van der Waals surface area contributed by atoms with Gasteiger partial charge in [-0.25, -0.2) is 4.79 Å². The van der Waals surface area contributed by atoms with E-state index in [1.807, 2.05) is 23.9 Å². The second kappa shape index (κ2) is 5.20. The molecule has 2 heterocycles. The highest BCUT2D eigenvalue weighted by molar-refractivity contribution is 7.99. The molecule has 1 aromatic carbocycles. The minimum absolute atomic E-state index is 0.378. The number of aromatic amines is 1. The third kappa shape index (κ3) is 2.62. The van der Waals surface area contributed by atoms with E-state index in [-0.39, 0.29) is 5.76 Å². The van der Waals surface area contributed by atoms with Gasteiger partial charge in [0.25, 0.3) is 0 Å². The van der Waals surface area contributed by atoms with Crippen LogP contribution < -0.4 is 5.76 Å². The zero-order valence-corrected chi connectivity index (χ0v) is 11.0. The molecule has 0 unspecified atom stereocenters. The van der Waals surface area contributed by atoms with Crippen molar-refractivity contribution < 1.29 is 4.42 Å². The van der Waals surface area contributed by atoms with Crippen molar-refractivity contribution in [2.45, 2.75) is 12.8 Å². The molecule has 0 saturated carbocycles. The molecule has 1 N–H and O–H groups in total. The minimum atomic E-state index is -0.378. The van der Waals surface area contributed by atoms with Crippen LogP contribution in [0, 0.1) is 0 Å². The van der Waals surface area contributed by atoms with Crippen LogP contribution in [0.5, 0.6) is 0 Å². The van der Waals surface area contributed by atoms with Crippen molar-refractivity contribution in [2.75, 3.05) is 24.7 Å². The van der Waals surface area contributed by atoms with E-state index in [0.717, 1.165) is 24.9 Å². The van der Waals surface area contributed by atoms with Crippen molar-refractivity contribution in [1.82, 2.24) is 9.88 Å². The average Bonchev–Trinajstić information content (AvgIpc) is 2.96. The van der Waals surface area contributed by atoms with Gasteiger partial charge in [-0.15, -0.1) is 11.8 Å². The number of fused-ring (bicyclic) bond motifs is 1. The SMILES string of the molecule is O=c1[nH]c2ccc(CCCN3CCSC3)cc2o1. The Morgan fingerprint density at radius 3 is 3.22 bits per heavy atom. The highest BCUT2D eigenvalue weighted by Crippen LogP contribution is 2.16. The van der Waals surface area contributed by atoms with Gasteiger partial charge in [-0.2, -0.15) is 0 Å². The molecule has 2 aromatic rings. The molecule has 1 saturated heterocycles. The highest BCUT2D eigenvalue weighted by Gasteiger charge is 2.11. The lowest BCUT2D eigenvalue weighted by atomic mass is 10.1. The van der Waals surface area contributed by atoms with Crippen LogP contribution in [-0.2, 0) is 6.42 Å².